The number of carbonyl (C=O) groups excluding carboxylic acids is 2. The molecule has 0 amide bonds. The van der Waals surface area contributed by atoms with Gasteiger partial charge in [0.1, 0.15) is 11.5 Å². The van der Waals surface area contributed by atoms with Crippen LogP contribution in [0, 0.1) is 0 Å². The van der Waals surface area contributed by atoms with Crippen LogP contribution in [0.4, 0.5) is 0 Å². The standard InChI is InChI=1S/C17H9NO4/c19-14-8-4-1-2-5-9(8)15(20)12-11(14)13-10(6-3-7-18-13)16(21)17(12)22/h1-7,19-20H. The average Bonchev–Trinajstić information content (AvgIpc) is 2.56. The molecule has 3 aromatic rings. The van der Waals surface area contributed by atoms with Gasteiger partial charge in [-0.1, -0.05) is 24.3 Å². The molecule has 5 nitrogen and oxygen atoms in total. The van der Waals surface area contributed by atoms with Crippen molar-refractivity contribution in [2.45, 2.75) is 0 Å². The molecule has 0 saturated heterocycles. The average molecular weight is 291 g/mol. The number of pyridine rings is 1. The van der Waals surface area contributed by atoms with Crippen LogP contribution in [0.5, 0.6) is 11.5 Å². The van der Waals surface area contributed by atoms with Gasteiger partial charge in [-0.3, -0.25) is 14.6 Å². The zero-order valence-electron chi connectivity index (χ0n) is 11.2. The van der Waals surface area contributed by atoms with E-state index in [1.165, 1.54) is 12.3 Å². The largest absolute Gasteiger partial charge is 0.507 e. The molecule has 0 unspecified atom stereocenters. The monoisotopic (exact) mass is 291 g/mol. The van der Waals surface area contributed by atoms with Gasteiger partial charge in [0.05, 0.1) is 22.4 Å². The van der Waals surface area contributed by atoms with Crippen LogP contribution < -0.4 is 0 Å². The van der Waals surface area contributed by atoms with Crippen molar-refractivity contribution < 1.29 is 19.8 Å². The molecule has 1 aliphatic carbocycles. The Morgan fingerprint density at radius 2 is 1.41 bits per heavy atom. The molecule has 22 heavy (non-hydrogen) atoms. The Hall–Kier alpha value is -3.21. The molecule has 0 fully saturated rings. The third-order valence-electron chi connectivity index (χ3n) is 3.88. The SMILES string of the molecule is O=C1C(=O)c2c(c(O)c3ccccc3c2O)-c2ncccc21. The fraction of sp³-hybridized carbons (Fsp3) is 0. The summed E-state index contributed by atoms with van der Waals surface area (Å²) in [5.41, 5.74) is 0.259. The first-order valence-electron chi connectivity index (χ1n) is 6.62. The van der Waals surface area contributed by atoms with Crippen molar-refractivity contribution in [1.29, 1.82) is 0 Å². The van der Waals surface area contributed by atoms with E-state index in [9.17, 15) is 19.8 Å². The topological polar surface area (TPSA) is 87.5 Å². The van der Waals surface area contributed by atoms with Gasteiger partial charge < -0.3 is 10.2 Å². The number of fused-ring (bicyclic) bond motifs is 4. The summed E-state index contributed by atoms with van der Waals surface area (Å²) in [5.74, 6) is -2.04. The Bertz CT molecular complexity index is 991. The number of aromatic hydroxyl groups is 2. The molecular weight excluding hydrogens is 282 g/mol. The molecule has 0 saturated carbocycles. The van der Waals surface area contributed by atoms with Crippen molar-refractivity contribution in [2.24, 2.45) is 0 Å². The van der Waals surface area contributed by atoms with Gasteiger partial charge in [0, 0.05) is 17.0 Å². The van der Waals surface area contributed by atoms with Crippen molar-refractivity contribution in [3.8, 4) is 22.8 Å². The number of nitrogens with zero attached hydrogens (tertiary/aromatic N) is 1. The zero-order valence-corrected chi connectivity index (χ0v) is 11.2. The van der Waals surface area contributed by atoms with Crippen molar-refractivity contribution in [2.75, 3.05) is 0 Å². The summed E-state index contributed by atoms with van der Waals surface area (Å²) in [4.78, 5) is 28.7. The van der Waals surface area contributed by atoms with E-state index < -0.39 is 11.6 Å². The molecule has 2 aromatic carbocycles. The maximum Gasteiger partial charge on any atom is 0.238 e. The van der Waals surface area contributed by atoms with Crippen molar-refractivity contribution in [1.82, 2.24) is 4.98 Å². The van der Waals surface area contributed by atoms with E-state index in [4.69, 9.17) is 0 Å². The lowest BCUT2D eigenvalue weighted by atomic mass is 9.84. The van der Waals surface area contributed by atoms with E-state index >= 15 is 0 Å². The highest BCUT2D eigenvalue weighted by molar-refractivity contribution is 6.54. The molecular formula is C17H9NO4. The van der Waals surface area contributed by atoms with Crippen LogP contribution in [0.1, 0.15) is 20.7 Å². The first kappa shape index (κ1) is 12.5. The van der Waals surface area contributed by atoms with E-state index in [0.29, 0.717) is 10.8 Å². The summed E-state index contributed by atoms with van der Waals surface area (Å²) in [6.07, 6.45) is 1.47. The second-order valence-electron chi connectivity index (χ2n) is 5.05. The highest BCUT2D eigenvalue weighted by Gasteiger charge is 2.36. The third kappa shape index (κ3) is 1.39. The van der Waals surface area contributed by atoms with Gasteiger partial charge in [-0.2, -0.15) is 0 Å². The van der Waals surface area contributed by atoms with Crippen molar-refractivity contribution in [3.05, 3.63) is 53.7 Å². The molecule has 0 spiro atoms. The second-order valence-corrected chi connectivity index (χ2v) is 5.05. The summed E-state index contributed by atoms with van der Waals surface area (Å²) < 4.78 is 0. The van der Waals surface area contributed by atoms with Crippen LogP contribution in [0.15, 0.2) is 42.6 Å². The first-order valence-corrected chi connectivity index (χ1v) is 6.62. The number of ketones is 2. The van der Waals surface area contributed by atoms with Crippen LogP contribution in [0.2, 0.25) is 0 Å². The van der Waals surface area contributed by atoms with Gasteiger partial charge in [0.2, 0.25) is 11.6 Å². The summed E-state index contributed by atoms with van der Waals surface area (Å²) in [7, 11) is 0. The van der Waals surface area contributed by atoms with Gasteiger partial charge in [-0.15, -0.1) is 0 Å². The number of benzene rings is 2. The van der Waals surface area contributed by atoms with Crippen LogP contribution in [0.3, 0.4) is 0 Å². The zero-order chi connectivity index (χ0) is 15.4. The second kappa shape index (κ2) is 4.14. The lowest BCUT2D eigenvalue weighted by Crippen LogP contribution is -2.22. The molecule has 106 valence electrons. The number of carbonyl (C=O) groups is 2. The Morgan fingerprint density at radius 3 is 2.09 bits per heavy atom. The van der Waals surface area contributed by atoms with Gasteiger partial charge in [-0.05, 0) is 12.1 Å². The molecule has 0 radical (unpaired) electrons. The number of rotatable bonds is 0. The predicted octanol–water partition coefficient (Wildman–Crippen LogP) is 2.69. The lowest BCUT2D eigenvalue weighted by molar-refractivity contribution is 0.0813. The first-order chi connectivity index (χ1) is 10.6. The molecule has 2 N–H and O–H groups in total. The highest BCUT2D eigenvalue weighted by atomic mass is 16.3. The number of hydrogen-bond donors (Lipinski definition) is 2. The third-order valence-corrected chi connectivity index (χ3v) is 3.88. The van der Waals surface area contributed by atoms with E-state index in [0.717, 1.165) is 0 Å². The molecule has 5 heteroatoms. The lowest BCUT2D eigenvalue weighted by Gasteiger charge is -2.20. The Balaban J connectivity index is 2.27. The summed E-state index contributed by atoms with van der Waals surface area (Å²) in [6, 6.07) is 9.63. The number of Topliss-reactive ketones (excluding diaryl/α,β-unsaturated/α-hetero) is 2. The van der Waals surface area contributed by atoms with Crippen LogP contribution in [-0.2, 0) is 0 Å². The summed E-state index contributed by atoms with van der Waals surface area (Å²) in [6.45, 7) is 0. The van der Waals surface area contributed by atoms with Gasteiger partial charge >= 0.3 is 0 Å². The minimum absolute atomic E-state index is 0.108. The highest BCUT2D eigenvalue weighted by Crippen LogP contribution is 2.47. The van der Waals surface area contributed by atoms with Crippen molar-refractivity contribution in [3.63, 3.8) is 0 Å². The smallest absolute Gasteiger partial charge is 0.238 e. The Kier molecular flexibility index (Phi) is 2.36. The number of phenols is 2. The summed E-state index contributed by atoms with van der Waals surface area (Å²) in [5, 5.41) is 21.7. The van der Waals surface area contributed by atoms with E-state index in [-0.39, 0.29) is 33.9 Å². The van der Waals surface area contributed by atoms with Crippen LogP contribution in [-0.4, -0.2) is 26.8 Å². The molecule has 4 rings (SSSR count). The number of aromatic nitrogens is 1. The predicted molar refractivity (Wildman–Crippen MR) is 79.2 cm³/mol. The van der Waals surface area contributed by atoms with E-state index in [2.05, 4.69) is 4.98 Å². The molecule has 0 atom stereocenters. The Morgan fingerprint density at radius 1 is 0.773 bits per heavy atom. The van der Waals surface area contributed by atoms with E-state index in [1.54, 1.807) is 30.3 Å². The van der Waals surface area contributed by atoms with Gasteiger partial charge in [-0.25, -0.2) is 0 Å². The molecule has 1 heterocycles. The fourth-order valence-electron chi connectivity index (χ4n) is 2.88. The minimum Gasteiger partial charge on any atom is -0.507 e. The molecule has 0 bridgehead atoms. The molecule has 1 aliphatic rings. The van der Waals surface area contributed by atoms with Gasteiger partial charge in [0.15, 0.2) is 0 Å². The summed E-state index contributed by atoms with van der Waals surface area (Å²) >= 11 is 0. The maximum atomic E-state index is 12.3. The van der Waals surface area contributed by atoms with Crippen LogP contribution >= 0.6 is 0 Å². The molecule has 0 aliphatic heterocycles. The fourth-order valence-corrected chi connectivity index (χ4v) is 2.88. The normalized spacial score (nSPS) is 13.1. The minimum atomic E-state index is -0.839. The number of phenolic OH excluding ortho intramolecular Hbond substituents is 2. The van der Waals surface area contributed by atoms with Gasteiger partial charge in [0.25, 0.3) is 0 Å². The number of hydrogen-bond acceptors (Lipinski definition) is 5. The quantitative estimate of drug-likeness (QED) is 0.491. The van der Waals surface area contributed by atoms with E-state index in [1.807, 2.05) is 0 Å². The maximum absolute atomic E-state index is 12.3. The molecule has 1 aromatic heterocycles. The Labute approximate surface area is 124 Å². The van der Waals surface area contributed by atoms with Crippen LogP contribution in [0.25, 0.3) is 22.0 Å². The van der Waals surface area contributed by atoms with Crippen molar-refractivity contribution >= 4 is 22.3 Å².